The minimum Gasteiger partial charge on any atom is -0.462 e. The number of allylic oxidation sites excluding steroid dienone is 10. The fourth-order valence-electron chi connectivity index (χ4n) is 8.37. The van der Waals surface area contributed by atoms with Crippen LogP contribution in [0.2, 0.25) is 0 Å². The molecular formula is C62H110O6. The van der Waals surface area contributed by atoms with Gasteiger partial charge in [-0.1, -0.05) is 255 Å². The van der Waals surface area contributed by atoms with Gasteiger partial charge in [0, 0.05) is 19.3 Å². The highest BCUT2D eigenvalue weighted by Gasteiger charge is 2.19. The number of esters is 3. The van der Waals surface area contributed by atoms with Crippen LogP contribution in [-0.4, -0.2) is 37.2 Å². The molecule has 68 heavy (non-hydrogen) atoms. The van der Waals surface area contributed by atoms with Crippen molar-refractivity contribution in [1.82, 2.24) is 0 Å². The van der Waals surface area contributed by atoms with Crippen LogP contribution in [0.3, 0.4) is 0 Å². The Labute approximate surface area is 421 Å². The molecule has 394 valence electrons. The van der Waals surface area contributed by atoms with Crippen LogP contribution in [-0.2, 0) is 28.6 Å². The van der Waals surface area contributed by atoms with Gasteiger partial charge in [-0.05, 0) is 83.5 Å². The molecule has 0 aromatic rings. The summed E-state index contributed by atoms with van der Waals surface area (Å²) in [5.41, 5.74) is 0. The van der Waals surface area contributed by atoms with Crippen LogP contribution in [0.4, 0.5) is 0 Å². The lowest BCUT2D eigenvalue weighted by Crippen LogP contribution is -2.30. The van der Waals surface area contributed by atoms with Crippen LogP contribution < -0.4 is 0 Å². The highest BCUT2D eigenvalue weighted by molar-refractivity contribution is 5.71. The number of carbonyl (C=O) groups is 3. The molecule has 0 aromatic carbocycles. The molecule has 0 saturated heterocycles. The molecule has 0 heterocycles. The van der Waals surface area contributed by atoms with E-state index in [-0.39, 0.29) is 31.1 Å². The monoisotopic (exact) mass is 951 g/mol. The lowest BCUT2D eigenvalue weighted by Gasteiger charge is -2.18. The molecule has 0 spiro atoms. The van der Waals surface area contributed by atoms with Crippen molar-refractivity contribution < 1.29 is 28.6 Å². The quantitative estimate of drug-likeness (QED) is 0.0262. The van der Waals surface area contributed by atoms with E-state index >= 15 is 0 Å². The van der Waals surface area contributed by atoms with E-state index in [0.717, 1.165) is 83.5 Å². The minimum atomic E-state index is -0.773. The summed E-state index contributed by atoms with van der Waals surface area (Å²) in [6, 6.07) is 0. The molecule has 0 aliphatic rings. The van der Waals surface area contributed by atoms with Crippen molar-refractivity contribution in [2.45, 2.75) is 303 Å². The van der Waals surface area contributed by atoms with Crippen LogP contribution in [0, 0.1) is 0 Å². The van der Waals surface area contributed by atoms with E-state index in [1.54, 1.807) is 0 Å². The van der Waals surface area contributed by atoms with Gasteiger partial charge in [-0.2, -0.15) is 0 Å². The van der Waals surface area contributed by atoms with Crippen LogP contribution in [0.5, 0.6) is 0 Å². The van der Waals surface area contributed by atoms with Crippen molar-refractivity contribution in [1.29, 1.82) is 0 Å². The Kier molecular flexibility index (Phi) is 54.3. The van der Waals surface area contributed by atoms with E-state index in [9.17, 15) is 14.4 Å². The first kappa shape index (κ1) is 65.1. The van der Waals surface area contributed by atoms with Crippen molar-refractivity contribution in [3.8, 4) is 0 Å². The zero-order valence-corrected chi connectivity index (χ0v) is 45.1. The standard InChI is InChI=1S/C62H110O6/c1-4-7-10-13-16-18-20-22-24-26-28-30-31-33-34-36-38-40-42-44-46-49-52-55-61(64)67-58-59(57-66-60(63)54-51-48-15-12-9-6-3)68-62(65)56-53-50-47-45-43-41-39-37-35-32-29-27-25-23-21-19-17-14-11-8-5-2/h7,10,16,18,22,24,27-30,59H,4-6,8-9,11-15,17,19-21,23,25-26,31-58H2,1-3H3/b10-7-,18-16-,24-22-,29-27-,30-28-. The van der Waals surface area contributed by atoms with Crippen LogP contribution in [0.1, 0.15) is 297 Å². The Morgan fingerprint density at radius 2 is 0.574 bits per heavy atom. The summed E-state index contributed by atoms with van der Waals surface area (Å²) in [6.07, 6.45) is 71.0. The van der Waals surface area contributed by atoms with Crippen molar-refractivity contribution in [2.24, 2.45) is 0 Å². The molecule has 0 fully saturated rings. The van der Waals surface area contributed by atoms with Gasteiger partial charge < -0.3 is 14.2 Å². The average Bonchev–Trinajstić information content (AvgIpc) is 3.34. The fraction of sp³-hybridized carbons (Fsp3) is 0.790. The molecule has 0 radical (unpaired) electrons. The topological polar surface area (TPSA) is 78.9 Å². The minimum absolute atomic E-state index is 0.0748. The molecule has 0 aliphatic carbocycles. The van der Waals surface area contributed by atoms with Gasteiger partial charge in [0.25, 0.3) is 0 Å². The molecule has 0 rings (SSSR count). The van der Waals surface area contributed by atoms with Gasteiger partial charge >= 0.3 is 17.9 Å². The SMILES string of the molecule is CC/C=C\C/C=C\C/C=C\C/C=C\CCCCCCCCCCCCC(=O)OCC(COC(=O)CCCCCCCC)OC(=O)CCCCCCCCCCC/C=C\CCCCCCCCCC. The van der Waals surface area contributed by atoms with Crippen molar-refractivity contribution in [3.63, 3.8) is 0 Å². The molecule has 6 nitrogen and oxygen atoms in total. The second-order valence-electron chi connectivity index (χ2n) is 19.5. The van der Waals surface area contributed by atoms with Crippen molar-refractivity contribution in [2.75, 3.05) is 13.2 Å². The number of hydrogen-bond donors (Lipinski definition) is 0. The van der Waals surface area contributed by atoms with Gasteiger partial charge in [0.15, 0.2) is 6.10 Å². The number of hydrogen-bond acceptors (Lipinski definition) is 6. The fourth-order valence-corrected chi connectivity index (χ4v) is 8.37. The second-order valence-corrected chi connectivity index (χ2v) is 19.5. The van der Waals surface area contributed by atoms with Crippen LogP contribution >= 0.6 is 0 Å². The number of ether oxygens (including phenoxy) is 3. The second kappa shape index (κ2) is 56.7. The van der Waals surface area contributed by atoms with Gasteiger partial charge in [-0.25, -0.2) is 0 Å². The van der Waals surface area contributed by atoms with Crippen molar-refractivity contribution >= 4 is 17.9 Å². The third-order valence-electron chi connectivity index (χ3n) is 12.8. The third kappa shape index (κ3) is 54.1. The van der Waals surface area contributed by atoms with Gasteiger partial charge in [0.05, 0.1) is 0 Å². The molecule has 0 aliphatic heterocycles. The summed E-state index contributed by atoms with van der Waals surface area (Å²) < 4.78 is 16.8. The summed E-state index contributed by atoms with van der Waals surface area (Å²) >= 11 is 0. The molecule has 0 saturated carbocycles. The summed E-state index contributed by atoms with van der Waals surface area (Å²) in [4.78, 5) is 37.9. The zero-order chi connectivity index (χ0) is 49.3. The van der Waals surface area contributed by atoms with E-state index in [2.05, 4.69) is 81.5 Å². The lowest BCUT2D eigenvalue weighted by molar-refractivity contribution is -0.167. The van der Waals surface area contributed by atoms with E-state index in [4.69, 9.17) is 14.2 Å². The number of unbranched alkanes of at least 4 members (excludes halogenated alkanes) is 32. The average molecular weight is 952 g/mol. The summed E-state index contributed by atoms with van der Waals surface area (Å²) in [7, 11) is 0. The highest BCUT2D eigenvalue weighted by Crippen LogP contribution is 2.16. The first-order valence-corrected chi connectivity index (χ1v) is 29.3. The largest absolute Gasteiger partial charge is 0.462 e. The summed E-state index contributed by atoms with van der Waals surface area (Å²) in [5, 5.41) is 0. The van der Waals surface area contributed by atoms with E-state index in [1.165, 1.54) is 173 Å². The molecule has 0 bridgehead atoms. The predicted octanol–water partition coefficient (Wildman–Crippen LogP) is 19.6. The van der Waals surface area contributed by atoms with E-state index in [0.29, 0.717) is 19.3 Å². The normalized spacial score (nSPS) is 12.5. The first-order chi connectivity index (χ1) is 33.5. The maximum Gasteiger partial charge on any atom is 0.306 e. The van der Waals surface area contributed by atoms with Crippen molar-refractivity contribution in [3.05, 3.63) is 60.8 Å². The molecular weight excluding hydrogens is 841 g/mol. The Hall–Kier alpha value is -2.89. The molecule has 0 aromatic heterocycles. The maximum atomic E-state index is 12.8. The van der Waals surface area contributed by atoms with Gasteiger partial charge in [-0.3, -0.25) is 14.4 Å². The first-order valence-electron chi connectivity index (χ1n) is 29.3. The highest BCUT2D eigenvalue weighted by atomic mass is 16.6. The third-order valence-corrected chi connectivity index (χ3v) is 12.8. The number of carbonyl (C=O) groups excluding carboxylic acids is 3. The van der Waals surface area contributed by atoms with Gasteiger partial charge in [-0.15, -0.1) is 0 Å². The summed E-state index contributed by atoms with van der Waals surface area (Å²) in [5.74, 6) is -0.880. The maximum absolute atomic E-state index is 12.8. The molecule has 0 N–H and O–H groups in total. The smallest absolute Gasteiger partial charge is 0.306 e. The Morgan fingerprint density at radius 3 is 0.912 bits per heavy atom. The molecule has 1 unspecified atom stereocenters. The van der Waals surface area contributed by atoms with Crippen LogP contribution in [0.15, 0.2) is 60.8 Å². The Balaban J connectivity index is 4.13. The lowest BCUT2D eigenvalue weighted by atomic mass is 10.0. The predicted molar refractivity (Wildman–Crippen MR) is 293 cm³/mol. The zero-order valence-electron chi connectivity index (χ0n) is 45.1. The Bertz CT molecular complexity index is 1230. The van der Waals surface area contributed by atoms with Crippen LogP contribution in [0.25, 0.3) is 0 Å². The molecule has 1 atom stereocenters. The molecule has 0 amide bonds. The number of rotatable bonds is 53. The summed E-state index contributed by atoms with van der Waals surface area (Å²) in [6.45, 7) is 6.49. The molecule has 6 heteroatoms. The van der Waals surface area contributed by atoms with Gasteiger partial charge in [0.1, 0.15) is 13.2 Å². The van der Waals surface area contributed by atoms with Gasteiger partial charge in [0.2, 0.25) is 0 Å². The van der Waals surface area contributed by atoms with E-state index in [1.807, 2.05) is 0 Å². The Morgan fingerprint density at radius 1 is 0.309 bits per heavy atom. The van der Waals surface area contributed by atoms with E-state index < -0.39 is 6.10 Å².